The quantitative estimate of drug-likeness (QED) is 0.0249. The molecule has 0 aromatic rings. The predicted molar refractivity (Wildman–Crippen MR) is 334 cm³/mol. The molecule has 0 aliphatic carbocycles. The molecule has 23 heteroatoms. The molecule has 3 saturated heterocycles. The van der Waals surface area contributed by atoms with Crippen molar-refractivity contribution in [1.82, 2.24) is 10.6 Å². The Morgan fingerprint density at radius 2 is 1.04 bits per heavy atom. The summed E-state index contributed by atoms with van der Waals surface area (Å²) >= 11 is 0. The van der Waals surface area contributed by atoms with Crippen LogP contribution in [0.2, 0.25) is 0 Å². The van der Waals surface area contributed by atoms with Gasteiger partial charge in [-0.05, 0) is 38.5 Å². The van der Waals surface area contributed by atoms with E-state index in [2.05, 4.69) is 36.6 Å². The number of nitrogens with one attached hydrogen (secondary N) is 2. The molecular weight excluding hydrogens is 1160 g/mol. The topological polar surface area (TPSA) is 373 Å². The minimum absolute atomic E-state index is 0.220. The Morgan fingerprint density at radius 3 is 1.52 bits per heavy atom. The molecule has 3 aliphatic rings. The third kappa shape index (κ3) is 30.2. The van der Waals surface area contributed by atoms with Crippen LogP contribution < -0.4 is 10.6 Å². The first-order valence-electron chi connectivity index (χ1n) is 34.5. The molecule has 89 heavy (non-hydrogen) atoms. The van der Waals surface area contributed by atoms with Gasteiger partial charge in [-0.3, -0.25) is 9.59 Å². The van der Waals surface area contributed by atoms with Crippen molar-refractivity contribution >= 4 is 17.8 Å². The second-order valence-electron chi connectivity index (χ2n) is 25.4. The van der Waals surface area contributed by atoms with Crippen LogP contribution in [0.15, 0.2) is 12.2 Å². The number of carbonyl (C=O) groups excluding carboxylic acids is 2. The monoisotopic (exact) mass is 1280 g/mol. The Bertz CT molecular complexity index is 1860. The van der Waals surface area contributed by atoms with Crippen LogP contribution >= 0.6 is 0 Å². The standard InChI is InChI=1S/C66H122N2O21/c1-4-6-8-10-12-14-16-18-19-20-21-22-23-24-25-26-27-28-30-32-34-36-38-40-53(76)68-47(48(73)39-37-35-33-31-29-17-15-13-11-9-7-5-2)45-84-63-58(80)57(79)60(52(44-71)86-63)87-64-59(81)62(56(78)51(43-70)85-64)89-66(65(82)83)41-49(74)54(67-46(3)72)61(88-66)55(77)50(75)42-69/h24-25,47-52,54-64,69-71,73-75,77-81H,4-23,26-45H2,1-3H3,(H,67,72)(H,68,76)(H,82,83)/b25-24-. The molecule has 23 nitrogen and oxygen atoms in total. The van der Waals surface area contributed by atoms with Gasteiger partial charge in [0.05, 0.1) is 50.7 Å². The third-order valence-corrected chi connectivity index (χ3v) is 17.7. The number of aliphatic carboxylic acids is 1. The van der Waals surface area contributed by atoms with E-state index >= 15 is 0 Å². The largest absolute Gasteiger partial charge is 0.477 e. The van der Waals surface area contributed by atoms with Gasteiger partial charge in [0.15, 0.2) is 12.6 Å². The highest BCUT2D eigenvalue weighted by Gasteiger charge is 2.60. The Balaban J connectivity index is 1.57. The fourth-order valence-electron chi connectivity index (χ4n) is 12.2. The molecule has 14 N–H and O–H groups in total. The van der Waals surface area contributed by atoms with Gasteiger partial charge in [-0.25, -0.2) is 4.79 Å². The number of aliphatic hydroxyl groups excluding tert-OH is 11. The molecule has 0 aromatic carbocycles. The highest BCUT2D eigenvalue weighted by Crippen LogP contribution is 2.39. The van der Waals surface area contributed by atoms with Crippen molar-refractivity contribution in [1.29, 1.82) is 0 Å². The van der Waals surface area contributed by atoms with Gasteiger partial charge in [0.25, 0.3) is 5.79 Å². The maximum Gasteiger partial charge on any atom is 0.364 e. The summed E-state index contributed by atoms with van der Waals surface area (Å²) in [5, 5.41) is 136. The summed E-state index contributed by atoms with van der Waals surface area (Å²) in [6, 6.07) is -2.53. The number of allylic oxidation sites excluding steroid dienone is 2. The average molecular weight is 1280 g/mol. The molecule has 0 saturated carbocycles. The molecule has 0 bridgehead atoms. The molecule has 3 rings (SSSR count). The predicted octanol–water partition coefficient (Wildman–Crippen LogP) is 5.90. The minimum atomic E-state index is -3.08. The fraction of sp³-hybridized carbons (Fsp3) is 0.924. The van der Waals surface area contributed by atoms with Crippen LogP contribution in [0.5, 0.6) is 0 Å². The zero-order valence-electron chi connectivity index (χ0n) is 54.3. The molecule has 522 valence electrons. The summed E-state index contributed by atoms with van der Waals surface area (Å²) in [7, 11) is 0. The fourth-order valence-corrected chi connectivity index (χ4v) is 12.2. The summed E-state index contributed by atoms with van der Waals surface area (Å²) < 4.78 is 34.8. The molecule has 0 aromatic heterocycles. The normalized spacial score (nSPS) is 28.8. The van der Waals surface area contributed by atoms with Crippen LogP contribution in [0.1, 0.15) is 252 Å². The molecular formula is C66H122N2O21. The number of amides is 2. The van der Waals surface area contributed by atoms with Crippen molar-refractivity contribution in [2.45, 2.75) is 362 Å². The van der Waals surface area contributed by atoms with Crippen LogP contribution in [0, 0.1) is 0 Å². The lowest BCUT2D eigenvalue weighted by molar-refractivity contribution is -0.386. The first-order chi connectivity index (χ1) is 42.9. The zero-order chi connectivity index (χ0) is 65.4. The zero-order valence-corrected chi connectivity index (χ0v) is 54.3. The number of hydrogen-bond acceptors (Lipinski definition) is 20. The van der Waals surface area contributed by atoms with Crippen molar-refractivity contribution < 1.29 is 104 Å². The first-order valence-corrected chi connectivity index (χ1v) is 34.5. The van der Waals surface area contributed by atoms with E-state index in [1.165, 1.54) is 122 Å². The maximum atomic E-state index is 13.4. The van der Waals surface area contributed by atoms with Gasteiger partial charge >= 0.3 is 5.97 Å². The Morgan fingerprint density at radius 1 is 0.573 bits per heavy atom. The molecule has 0 spiro atoms. The summed E-state index contributed by atoms with van der Waals surface area (Å²) in [5.74, 6) is -6.10. The SMILES string of the molecule is CCCCCCCCCCCCCC/C=C\CCCCCCCCCC(=O)NC(COC1OC(CO)C(OC2OC(CO)C(O)C(OC3(C(=O)O)CC(O)C(NC(C)=O)C(C(O)C(O)CO)O3)C2O)C(O)C1O)C(O)CCCCCCCCCCCCCC. The maximum absolute atomic E-state index is 13.4. The van der Waals surface area contributed by atoms with Gasteiger partial charge in [-0.2, -0.15) is 0 Å². The molecule has 18 atom stereocenters. The molecule has 18 unspecified atom stereocenters. The van der Waals surface area contributed by atoms with Crippen LogP contribution in [0.3, 0.4) is 0 Å². The number of carbonyl (C=O) groups is 3. The lowest BCUT2D eigenvalue weighted by atomic mass is 9.88. The van der Waals surface area contributed by atoms with Gasteiger partial charge < -0.3 is 100 Å². The Labute approximate surface area is 531 Å². The summed E-state index contributed by atoms with van der Waals surface area (Å²) in [5.41, 5.74) is 0. The van der Waals surface area contributed by atoms with E-state index in [1.54, 1.807) is 0 Å². The number of carboxylic acids is 1. The van der Waals surface area contributed by atoms with Crippen LogP contribution in [0.25, 0.3) is 0 Å². The third-order valence-electron chi connectivity index (χ3n) is 17.7. The van der Waals surface area contributed by atoms with Crippen LogP contribution in [0.4, 0.5) is 0 Å². The number of hydrogen-bond donors (Lipinski definition) is 14. The van der Waals surface area contributed by atoms with Gasteiger partial charge in [0.2, 0.25) is 11.8 Å². The smallest absolute Gasteiger partial charge is 0.364 e. The van der Waals surface area contributed by atoms with E-state index in [-0.39, 0.29) is 18.9 Å². The van der Waals surface area contributed by atoms with E-state index in [1.807, 2.05) is 0 Å². The van der Waals surface area contributed by atoms with E-state index in [9.17, 15) is 75.7 Å². The molecule has 0 radical (unpaired) electrons. The highest BCUT2D eigenvalue weighted by molar-refractivity contribution is 5.77. The van der Waals surface area contributed by atoms with Gasteiger partial charge in [-0.15, -0.1) is 0 Å². The van der Waals surface area contributed by atoms with Crippen molar-refractivity contribution in [3.63, 3.8) is 0 Å². The Kier molecular flexibility index (Phi) is 43.0. The number of unbranched alkanes of at least 4 members (excludes halogenated alkanes) is 30. The van der Waals surface area contributed by atoms with E-state index < -0.39 is 148 Å². The summed E-state index contributed by atoms with van der Waals surface area (Å²) in [4.78, 5) is 38.5. The first kappa shape index (κ1) is 80.7. The van der Waals surface area contributed by atoms with Crippen LogP contribution in [-0.4, -0.2) is 215 Å². The van der Waals surface area contributed by atoms with Crippen LogP contribution in [-0.2, 0) is 42.8 Å². The summed E-state index contributed by atoms with van der Waals surface area (Å²) in [6.07, 6.45) is 15.1. The Hall–Kier alpha value is -2.53. The van der Waals surface area contributed by atoms with E-state index in [4.69, 9.17) is 28.4 Å². The van der Waals surface area contributed by atoms with Crippen molar-refractivity contribution in [2.24, 2.45) is 0 Å². The van der Waals surface area contributed by atoms with Crippen molar-refractivity contribution in [2.75, 3.05) is 26.4 Å². The van der Waals surface area contributed by atoms with Crippen molar-refractivity contribution in [3.05, 3.63) is 12.2 Å². The summed E-state index contributed by atoms with van der Waals surface area (Å²) in [6.45, 7) is 2.19. The number of aliphatic hydroxyl groups is 11. The lowest BCUT2D eigenvalue weighted by Crippen LogP contribution is -2.70. The number of ether oxygens (including phenoxy) is 6. The molecule has 3 fully saturated rings. The lowest BCUT2D eigenvalue weighted by Gasteiger charge is -2.50. The number of carboxylic acid groups (broad SMARTS) is 1. The average Bonchev–Trinajstić information content (AvgIpc) is 1.46. The second kappa shape index (κ2) is 47.4. The van der Waals surface area contributed by atoms with Gasteiger partial charge in [0, 0.05) is 19.8 Å². The number of rotatable bonds is 52. The minimum Gasteiger partial charge on any atom is -0.477 e. The second-order valence-corrected chi connectivity index (χ2v) is 25.4. The van der Waals surface area contributed by atoms with Gasteiger partial charge in [0.1, 0.15) is 67.1 Å². The molecule has 2 amide bonds. The van der Waals surface area contributed by atoms with Gasteiger partial charge in [-0.1, -0.05) is 206 Å². The van der Waals surface area contributed by atoms with Crippen molar-refractivity contribution in [3.8, 4) is 0 Å². The van der Waals surface area contributed by atoms with E-state index in [0.717, 1.165) is 84.0 Å². The molecule has 3 aliphatic heterocycles. The molecule has 3 heterocycles. The van der Waals surface area contributed by atoms with E-state index in [0.29, 0.717) is 19.3 Å². The highest BCUT2D eigenvalue weighted by atomic mass is 16.8.